The van der Waals surface area contributed by atoms with E-state index in [1.807, 2.05) is 20.8 Å². The number of carbonyl (C=O) groups is 1. The molecule has 2 N–H and O–H groups in total. The van der Waals surface area contributed by atoms with Crippen molar-refractivity contribution < 1.29 is 4.79 Å². The highest BCUT2D eigenvalue weighted by Gasteiger charge is 2.29. The molecule has 4 heteroatoms. The zero-order valence-electron chi connectivity index (χ0n) is 12.7. The lowest BCUT2D eigenvalue weighted by Gasteiger charge is -2.36. The molecule has 0 aromatic rings. The Morgan fingerprint density at radius 2 is 2.11 bits per heavy atom. The largest absolute Gasteiger partial charge is 0.350 e. The summed E-state index contributed by atoms with van der Waals surface area (Å²) >= 11 is 0. The van der Waals surface area contributed by atoms with Gasteiger partial charge in [0.1, 0.15) is 0 Å². The molecule has 2 unspecified atom stereocenters. The van der Waals surface area contributed by atoms with Crippen LogP contribution in [0.15, 0.2) is 0 Å². The van der Waals surface area contributed by atoms with Crippen molar-refractivity contribution in [2.45, 2.75) is 58.0 Å². The number of hydrogen-bond donors (Lipinski definition) is 2. The average Bonchev–Trinajstić information content (AvgIpc) is 2.79. The Hall–Kier alpha value is -0.610. The lowest BCUT2D eigenvalue weighted by atomic mass is 9.90. The standard InChI is InChI=1S/C15H29N3O/c1-15(2,3)17-14(19)11-18-9-5-6-12(10-18)13-7-4-8-16-13/h12-13,16H,4-11H2,1-3H3,(H,17,19). The molecule has 110 valence electrons. The van der Waals surface area contributed by atoms with E-state index in [2.05, 4.69) is 15.5 Å². The second-order valence-corrected chi connectivity index (χ2v) is 7.14. The van der Waals surface area contributed by atoms with E-state index >= 15 is 0 Å². The van der Waals surface area contributed by atoms with Gasteiger partial charge in [-0.1, -0.05) is 0 Å². The molecule has 2 heterocycles. The van der Waals surface area contributed by atoms with Gasteiger partial charge in [0, 0.05) is 18.1 Å². The predicted molar refractivity (Wildman–Crippen MR) is 78.1 cm³/mol. The van der Waals surface area contributed by atoms with Crippen LogP contribution < -0.4 is 10.6 Å². The minimum Gasteiger partial charge on any atom is -0.350 e. The van der Waals surface area contributed by atoms with Gasteiger partial charge in [0.05, 0.1) is 6.54 Å². The number of nitrogens with zero attached hydrogens (tertiary/aromatic N) is 1. The van der Waals surface area contributed by atoms with Crippen LogP contribution >= 0.6 is 0 Å². The van der Waals surface area contributed by atoms with E-state index in [1.165, 1.54) is 32.2 Å². The Morgan fingerprint density at radius 1 is 1.32 bits per heavy atom. The van der Waals surface area contributed by atoms with Crippen molar-refractivity contribution in [3.05, 3.63) is 0 Å². The quantitative estimate of drug-likeness (QED) is 0.811. The third-order valence-electron chi connectivity index (χ3n) is 4.09. The molecular formula is C15H29N3O. The SMILES string of the molecule is CC(C)(C)NC(=O)CN1CCCC(C2CCCN2)C1. The van der Waals surface area contributed by atoms with Crippen LogP contribution in [0.4, 0.5) is 0 Å². The molecule has 0 spiro atoms. The van der Waals surface area contributed by atoms with Crippen LogP contribution in [-0.2, 0) is 4.79 Å². The van der Waals surface area contributed by atoms with E-state index in [0.29, 0.717) is 12.6 Å². The van der Waals surface area contributed by atoms with Crippen molar-refractivity contribution in [2.24, 2.45) is 5.92 Å². The number of likely N-dealkylation sites (tertiary alicyclic amines) is 1. The summed E-state index contributed by atoms with van der Waals surface area (Å²) in [7, 11) is 0. The maximum absolute atomic E-state index is 12.0. The maximum Gasteiger partial charge on any atom is 0.234 e. The highest BCUT2D eigenvalue weighted by atomic mass is 16.2. The molecule has 19 heavy (non-hydrogen) atoms. The molecule has 4 nitrogen and oxygen atoms in total. The Labute approximate surface area is 117 Å². The van der Waals surface area contributed by atoms with Gasteiger partial charge in [-0.2, -0.15) is 0 Å². The molecule has 2 atom stereocenters. The highest BCUT2D eigenvalue weighted by Crippen LogP contribution is 2.24. The van der Waals surface area contributed by atoms with Crippen molar-refractivity contribution in [3.63, 3.8) is 0 Å². The van der Waals surface area contributed by atoms with E-state index in [-0.39, 0.29) is 11.4 Å². The molecule has 1 amide bonds. The van der Waals surface area contributed by atoms with Crippen LogP contribution in [-0.4, -0.2) is 48.6 Å². The van der Waals surface area contributed by atoms with Crippen LogP contribution in [0.3, 0.4) is 0 Å². The number of rotatable bonds is 3. The van der Waals surface area contributed by atoms with Gasteiger partial charge in [-0.05, 0) is 65.5 Å². The van der Waals surface area contributed by atoms with Crippen molar-refractivity contribution in [1.29, 1.82) is 0 Å². The van der Waals surface area contributed by atoms with Gasteiger partial charge < -0.3 is 10.6 Å². The predicted octanol–water partition coefficient (Wildman–Crippen LogP) is 1.37. The summed E-state index contributed by atoms with van der Waals surface area (Å²) in [5.74, 6) is 0.895. The second-order valence-electron chi connectivity index (χ2n) is 7.14. The molecule has 2 fully saturated rings. The number of carbonyl (C=O) groups excluding carboxylic acids is 1. The molecule has 0 radical (unpaired) electrons. The van der Waals surface area contributed by atoms with Gasteiger partial charge in [-0.3, -0.25) is 9.69 Å². The number of nitrogens with one attached hydrogen (secondary N) is 2. The van der Waals surface area contributed by atoms with Crippen molar-refractivity contribution in [3.8, 4) is 0 Å². The smallest absolute Gasteiger partial charge is 0.234 e. The fourth-order valence-corrected chi connectivity index (χ4v) is 3.34. The summed E-state index contributed by atoms with van der Waals surface area (Å²) in [6.45, 7) is 9.98. The van der Waals surface area contributed by atoms with Crippen LogP contribution in [0, 0.1) is 5.92 Å². The summed E-state index contributed by atoms with van der Waals surface area (Å²) in [6, 6.07) is 0.688. The molecule has 2 rings (SSSR count). The van der Waals surface area contributed by atoms with Gasteiger partial charge in [-0.25, -0.2) is 0 Å². The van der Waals surface area contributed by atoms with E-state index in [0.717, 1.165) is 19.0 Å². The van der Waals surface area contributed by atoms with Crippen molar-refractivity contribution in [1.82, 2.24) is 15.5 Å². The highest BCUT2D eigenvalue weighted by molar-refractivity contribution is 5.78. The molecule has 2 saturated heterocycles. The minimum absolute atomic E-state index is 0.126. The molecule has 0 aromatic heterocycles. The summed E-state index contributed by atoms with van der Waals surface area (Å²) in [5, 5.41) is 6.67. The van der Waals surface area contributed by atoms with Crippen molar-refractivity contribution >= 4 is 5.91 Å². The lowest BCUT2D eigenvalue weighted by Crippen LogP contribution is -2.49. The van der Waals surface area contributed by atoms with Crippen LogP contribution in [0.1, 0.15) is 46.5 Å². The van der Waals surface area contributed by atoms with Gasteiger partial charge >= 0.3 is 0 Å². The third-order valence-corrected chi connectivity index (χ3v) is 4.09. The first-order chi connectivity index (χ1) is 8.94. The summed E-state index contributed by atoms with van der Waals surface area (Å²) in [5.41, 5.74) is -0.126. The summed E-state index contributed by atoms with van der Waals surface area (Å²) in [4.78, 5) is 14.3. The monoisotopic (exact) mass is 267 g/mol. The summed E-state index contributed by atoms with van der Waals surface area (Å²) < 4.78 is 0. The van der Waals surface area contributed by atoms with Crippen molar-refractivity contribution in [2.75, 3.05) is 26.2 Å². The van der Waals surface area contributed by atoms with E-state index in [9.17, 15) is 4.79 Å². The van der Waals surface area contributed by atoms with Crippen LogP contribution in [0.25, 0.3) is 0 Å². The molecule has 2 aliphatic heterocycles. The van der Waals surface area contributed by atoms with E-state index in [4.69, 9.17) is 0 Å². The number of amides is 1. The Bertz CT molecular complexity index is 305. The average molecular weight is 267 g/mol. The fraction of sp³-hybridized carbons (Fsp3) is 0.933. The zero-order valence-corrected chi connectivity index (χ0v) is 12.7. The topological polar surface area (TPSA) is 44.4 Å². The fourth-order valence-electron chi connectivity index (χ4n) is 3.34. The van der Waals surface area contributed by atoms with Crippen LogP contribution in [0.5, 0.6) is 0 Å². The molecular weight excluding hydrogens is 238 g/mol. The summed E-state index contributed by atoms with van der Waals surface area (Å²) in [6.07, 6.45) is 5.17. The van der Waals surface area contributed by atoms with E-state index < -0.39 is 0 Å². The Balaban J connectivity index is 1.79. The minimum atomic E-state index is -0.126. The number of piperidine rings is 1. The molecule has 0 saturated carbocycles. The number of hydrogen-bond acceptors (Lipinski definition) is 3. The first-order valence-electron chi connectivity index (χ1n) is 7.71. The normalized spacial score (nSPS) is 29.4. The third kappa shape index (κ3) is 4.77. The molecule has 0 bridgehead atoms. The van der Waals surface area contributed by atoms with E-state index in [1.54, 1.807) is 0 Å². The second kappa shape index (κ2) is 6.23. The molecule has 2 aliphatic rings. The van der Waals surface area contributed by atoms with Gasteiger partial charge in [-0.15, -0.1) is 0 Å². The molecule has 0 aromatic carbocycles. The maximum atomic E-state index is 12.0. The Kier molecular flexibility index (Phi) is 4.85. The first kappa shape index (κ1) is 14.8. The van der Waals surface area contributed by atoms with Crippen LogP contribution in [0.2, 0.25) is 0 Å². The first-order valence-corrected chi connectivity index (χ1v) is 7.71. The lowest BCUT2D eigenvalue weighted by molar-refractivity contribution is -0.124. The Morgan fingerprint density at radius 3 is 2.74 bits per heavy atom. The van der Waals surface area contributed by atoms with Gasteiger partial charge in [0.15, 0.2) is 0 Å². The zero-order chi connectivity index (χ0) is 13.9. The van der Waals surface area contributed by atoms with Gasteiger partial charge in [0.25, 0.3) is 0 Å². The van der Waals surface area contributed by atoms with Gasteiger partial charge in [0.2, 0.25) is 5.91 Å². The molecule has 0 aliphatic carbocycles.